The van der Waals surface area contributed by atoms with E-state index in [1.165, 1.54) is 6.07 Å². The lowest BCUT2D eigenvalue weighted by molar-refractivity contribution is 0.153. The number of rotatable bonds is 7. The zero-order valence-electron chi connectivity index (χ0n) is 12.7. The molecule has 0 spiro atoms. The van der Waals surface area contributed by atoms with Crippen molar-refractivity contribution >= 4 is 5.82 Å². The van der Waals surface area contributed by atoms with Crippen molar-refractivity contribution in [2.75, 3.05) is 25.6 Å². The van der Waals surface area contributed by atoms with Gasteiger partial charge in [0.15, 0.2) is 0 Å². The third-order valence-electron chi connectivity index (χ3n) is 3.13. The van der Waals surface area contributed by atoms with Gasteiger partial charge in [-0.15, -0.1) is 0 Å². The van der Waals surface area contributed by atoms with Crippen molar-refractivity contribution in [3.63, 3.8) is 0 Å². The minimum absolute atomic E-state index is 0.0509. The maximum atomic E-state index is 11.6. The van der Waals surface area contributed by atoms with Crippen LogP contribution in [0.15, 0.2) is 29.2 Å². The molecule has 0 saturated carbocycles. The Kier molecular flexibility index (Phi) is 5.62. The molecular formula is C15H20N4O3. The third kappa shape index (κ3) is 4.12. The number of hydrogen-bond donors (Lipinski definition) is 3. The van der Waals surface area contributed by atoms with E-state index in [0.717, 1.165) is 11.3 Å². The average Bonchev–Trinajstić information content (AvgIpc) is 2.54. The Balaban J connectivity index is 2.18. The molecular weight excluding hydrogens is 284 g/mol. The molecule has 3 N–H and O–H groups in total. The van der Waals surface area contributed by atoms with Gasteiger partial charge in [-0.05, 0) is 18.6 Å². The topological polar surface area (TPSA) is 100 Å². The number of aryl methyl sites for hydroxylation is 1. The van der Waals surface area contributed by atoms with E-state index in [9.17, 15) is 9.90 Å². The van der Waals surface area contributed by atoms with E-state index in [0.29, 0.717) is 24.7 Å². The summed E-state index contributed by atoms with van der Waals surface area (Å²) >= 11 is 0. The summed E-state index contributed by atoms with van der Waals surface area (Å²) in [4.78, 5) is 23.0. The number of hydrogen-bond acceptors (Lipinski definition) is 6. The fourth-order valence-corrected chi connectivity index (χ4v) is 2.00. The van der Waals surface area contributed by atoms with E-state index in [1.807, 2.05) is 13.0 Å². The van der Waals surface area contributed by atoms with Crippen molar-refractivity contribution in [3.05, 3.63) is 40.4 Å². The Labute approximate surface area is 128 Å². The van der Waals surface area contributed by atoms with E-state index in [1.54, 1.807) is 19.4 Å². The number of aromatic amines is 1. The van der Waals surface area contributed by atoms with Gasteiger partial charge < -0.3 is 20.1 Å². The van der Waals surface area contributed by atoms with Gasteiger partial charge in [-0.3, -0.25) is 4.79 Å². The van der Waals surface area contributed by atoms with Crippen LogP contribution >= 0.6 is 0 Å². The molecule has 1 atom stereocenters. The highest BCUT2D eigenvalue weighted by Crippen LogP contribution is 2.15. The Morgan fingerprint density at radius 3 is 2.86 bits per heavy atom. The molecule has 22 heavy (non-hydrogen) atoms. The largest absolute Gasteiger partial charge is 0.394 e. The first kappa shape index (κ1) is 16.1. The number of ether oxygens (including phenoxy) is 1. The molecule has 2 heterocycles. The Morgan fingerprint density at radius 2 is 2.27 bits per heavy atom. The molecule has 0 aliphatic heterocycles. The third-order valence-corrected chi connectivity index (χ3v) is 3.13. The van der Waals surface area contributed by atoms with Crippen LogP contribution in [0, 0.1) is 0 Å². The van der Waals surface area contributed by atoms with Gasteiger partial charge in [0.05, 0.1) is 19.3 Å². The number of anilines is 1. The number of aliphatic hydroxyl groups is 1. The molecule has 0 unspecified atom stereocenters. The Bertz CT molecular complexity index is 655. The zero-order chi connectivity index (χ0) is 15.9. The molecule has 0 bridgehead atoms. The number of methoxy groups -OCH3 is 1. The number of H-pyrrole nitrogens is 1. The van der Waals surface area contributed by atoms with Crippen LogP contribution in [0.25, 0.3) is 11.4 Å². The van der Waals surface area contributed by atoms with Crippen LogP contribution < -0.4 is 10.9 Å². The van der Waals surface area contributed by atoms with E-state index >= 15 is 0 Å². The molecule has 0 aliphatic carbocycles. The molecule has 0 aliphatic rings. The van der Waals surface area contributed by atoms with E-state index in [2.05, 4.69) is 20.3 Å². The number of nitrogens with one attached hydrogen (secondary N) is 2. The van der Waals surface area contributed by atoms with Crippen LogP contribution in [0.5, 0.6) is 0 Å². The summed E-state index contributed by atoms with van der Waals surface area (Å²) in [6, 6.07) is 4.86. The highest BCUT2D eigenvalue weighted by atomic mass is 16.5. The molecule has 0 radical (unpaired) electrons. The lowest BCUT2D eigenvalue weighted by Gasteiger charge is -2.15. The van der Waals surface area contributed by atoms with Gasteiger partial charge in [-0.25, -0.2) is 9.97 Å². The monoisotopic (exact) mass is 304 g/mol. The lowest BCUT2D eigenvalue weighted by Crippen LogP contribution is -2.29. The first-order chi connectivity index (χ1) is 10.7. The lowest BCUT2D eigenvalue weighted by atomic mass is 10.2. The molecule has 2 aromatic rings. The summed E-state index contributed by atoms with van der Waals surface area (Å²) in [5, 5.41) is 12.3. The Morgan fingerprint density at radius 1 is 1.45 bits per heavy atom. The molecule has 0 fully saturated rings. The second kappa shape index (κ2) is 7.67. The van der Waals surface area contributed by atoms with E-state index in [-0.39, 0.29) is 18.2 Å². The smallest absolute Gasteiger partial charge is 0.251 e. The molecule has 2 aromatic heterocycles. The summed E-state index contributed by atoms with van der Waals surface area (Å²) in [6.45, 7) is 2.28. The maximum Gasteiger partial charge on any atom is 0.251 e. The average molecular weight is 304 g/mol. The van der Waals surface area contributed by atoms with E-state index < -0.39 is 0 Å². The van der Waals surface area contributed by atoms with Crippen molar-refractivity contribution in [2.45, 2.75) is 19.4 Å². The number of nitrogens with zero attached hydrogens (tertiary/aromatic N) is 2. The number of aliphatic hydroxyl groups excluding tert-OH is 1. The van der Waals surface area contributed by atoms with Gasteiger partial charge in [0, 0.05) is 30.6 Å². The molecule has 7 heteroatoms. The second-order valence-electron chi connectivity index (χ2n) is 4.85. The highest BCUT2D eigenvalue weighted by Gasteiger charge is 2.08. The van der Waals surface area contributed by atoms with Crippen LogP contribution in [0.3, 0.4) is 0 Å². The minimum Gasteiger partial charge on any atom is -0.394 e. The molecule has 7 nitrogen and oxygen atoms in total. The number of pyridine rings is 1. The predicted octanol–water partition coefficient (Wildman–Crippen LogP) is 0.813. The zero-order valence-corrected chi connectivity index (χ0v) is 12.7. The van der Waals surface area contributed by atoms with E-state index in [4.69, 9.17) is 4.74 Å². The van der Waals surface area contributed by atoms with Gasteiger partial charge in [0.1, 0.15) is 11.6 Å². The quantitative estimate of drug-likeness (QED) is 0.700. The van der Waals surface area contributed by atoms with Crippen molar-refractivity contribution < 1.29 is 9.84 Å². The standard InChI is InChI=1S/C15H20N4O3/c1-3-11-6-14(21)19-15(18-11)10-4-5-13(16-7-10)17-12(8-20)9-22-2/h4-7,12,20H,3,8-9H2,1-2H3,(H,16,17)(H,18,19,21)/t12-/m0/s1. The van der Waals surface area contributed by atoms with Crippen molar-refractivity contribution in [3.8, 4) is 11.4 Å². The summed E-state index contributed by atoms with van der Waals surface area (Å²) in [7, 11) is 1.57. The first-order valence-corrected chi connectivity index (χ1v) is 7.09. The van der Waals surface area contributed by atoms with Crippen molar-refractivity contribution in [1.82, 2.24) is 15.0 Å². The second-order valence-corrected chi connectivity index (χ2v) is 4.85. The summed E-state index contributed by atoms with van der Waals surface area (Å²) in [6.07, 6.45) is 2.32. The van der Waals surface area contributed by atoms with Crippen molar-refractivity contribution in [2.24, 2.45) is 0 Å². The van der Waals surface area contributed by atoms with Crippen LogP contribution in [0.4, 0.5) is 5.82 Å². The van der Waals surface area contributed by atoms with Crippen LogP contribution in [0.2, 0.25) is 0 Å². The molecule has 0 aromatic carbocycles. The molecule has 0 amide bonds. The highest BCUT2D eigenvalue weighted by molar-refractivity contribution is 5.56. The van der Waals surface area contributed by atoms with Crippen LogP contribution in [-0.2, 0) is 11.2 Å². The van der Waals surface area contributed by atoms with Gasteiger partial charge in [-0.2, -0.15) is 0 Å². The van der Waals surface area contributed by atoms with Gasteiger partial charge in [0.2, 0.25) is 0 Å². The Hall–Kier alpha value is -2.25. The fraction of sp³-hybridized carbons (Fsp3) is 0.400. The normalized spacial score (nSPS) is 12.1. The van der Waals surface area contributed by atoms with Gasteiger partial charge >= 0.3 is 0 Å². The summed E-state index contributed by atoms with van der Waals surface area (Å²) < 4.78 is 5.00. The SMILES string of the molecule is CCc1cc(=O)[nH]c(-c2ccc(N[C@@H](CO)COC)nc2)n1. The molecule has 0 saturated heterocycles. The van der Waals surface area contributed by atoms with Gasteiger partial charge in [0.25, 0.3) is 5.56 Å². The van der Waals surface area contributed by atoms with Crippen LogP contribution in [-0.4, -0.2) is 46.4 Å². The number of aromatic nitrogens is 3. The first-order valence-electron chi connectivity index (χ1n) is 7.09. The molecule has 118 valence electrons. The van der Waals surface area contributed by atoms with Crippen molar-refractivity contribution in [1.29, 1.82) is 0 Å². The molecule has 2 rings (SSSR count). The van der Waals surface area contributed by atoms with Gasteiger partial charge in [-0.1, -0.05) is 6.92 Å². The minimum atomic E-state index is -0.218. The summed E-state index contributed by atoms with van der Waals surface area (Å²) in [5.41, 5.74) is 1.29. The summed E-state index contributed by atoms with van der Waals surface area (Å²) in [5.74, 6) is 1.12. The predicted molar refractivity (Wildman–Crippen MR) is 83.8 cm³/mol. The fourth-order valence-electron chi connectivity index (χ4n) is 2.00. The van der Waals surface area contributed by atoms with Crippen LogP contribution in [0.1, 0.15) is 12.6 Å². The maximum absolute atomic E-state index is 11.6.